The van der Waals surface area contributed by atoms with Gasteiger partial charge in [0.25, 0.3) is 5.91 Å². The summed E-state index contributed by atoms with van der Waals surface area (Å²) in [5.74, 6) is 1.76. The van der Waals surface area contributed by atoms with Crippen molar-refractivity contribution in [1.82, 2.24) is 10.1 Å². The van der Waals surface area contributed by atoms with Crippen LogP contribution in [0.1, 0.15) is 29.5 Å². The highest BCUT2D eigenvalue weighted by Gasteiger charge is 2.51. The summed E-state index contributed by atoms with van der Waals surface area (Å²) in [6.45, 7) is 3.58. The first-order valence-electron chi connectivity index (χ1n) is 6.57. The summed E-state index contributed by atoms with van der Waals surface area (Å²) in [6.07, 6.45) is 3.61. The fourth-order valence-electron chi connectivity index (χ4n) is 2.83. The lowest BCUT2D eigenvalue weighted by Gasteiger charge is -2.47. The molecule has 3 heterocycles. The molecule has 0 unspecified atom stereocenters. The van der Waals surface area contributed by atoms with E-state index in [-0.39, 0.29) is 10.7 Å². The zero-order valence-electron chi connectivity index (χ0n) is 11.2. The first-order chi connectivity index (χ1) is 9.17. The molecule has 104 valence electrons. The first-order valence-corrected chi connectivity index (χ1v) is 7.55. The van der Waals surface area contributed by atoms with Crippen LogP contribution in [0.15, 0.2) is 10.7 Å². The Balaban J connectivity index is 1.63. The van der Waals surface area contributed by atoms with Crippen molar-refractivity contribution in [3.8, 4) is 0 Å². The van der Waals surface area contributed by atoms with Gasteiger partial charge in [0, 0.05) is 32.4 Å². The highest BCUT2D eigenvalue weighted by molar-refractivity contribution is 8.01. The molecule has 0 aliphatic carbocycles. The molecule has 19 heavy (non-hydrogen) atoms. The molecule has 2 aliphatic rings. The second-order valence-electron chi connectivity index (χ2n) is 5.23. The van der Waals surface area contributed by atoms with Crippen molar-refractivity contribution >= 4 is 17.7 Å². The minimum absolute atomic E-state index is 0.0465. The third kappa shape index (κ3) is 2.17. The summed E-state index contributed by atoms with van der Waals surface area (Å²) in [5.41, 5.74) is 0.614. The van der Waals surface area contributed by atoms with Gasteiger partial charge >= 0.3 is 0 Å². The van der Waals surface area contributed by atoms with Gasteiger partial charge in [0.15, 0.2) is 0 Å². The third-order valence-electron chi connectivity index (χ3n) is 3.95. The van der Waals surface area contributed by atoms with E-state index in [4.69, 9.17) is 9.26 Å². The number of aromatic nitrogens is 1. The van der Waals surface area contributed by atoms with Crippen LogP contribution >= 0.6 is 11.8 Å². The van der Waals surface area contributed by atoms with Gasteiger partial charge < -0.3 is 14.2 Å². The van der Waals surface area contributed by atoms with Gasteiger partial charge in [-0.15, -0.1) is 11.8 Å². The Morgan fingerprint density at radius 1 is 1.68 bits per heavy atom. The molecule has 1 spiro atoms. The van der Waals surface area contributed by atoms with Gasteiger partial charge in [-0.1, -0.05) is 12.1 Å². The van der Waals surface area contributed by atoms with Crippen molar-refractivity contribution in [1.29, 1.82) is 0 Å². The Labute approximate surface area is 116 Å². The molecule has 0 radical (unpaired) electrons. The molecule has 1 aromatic rings. The van der Waals surface area contributed by atoms with Crippen LogP contribution in [0, 0.1) is 0 Å². The number of likely N-dealkylation sites (tertiary alicyclic amines) is 1. The van der Waals surface area contributed by atoms with E-state index >= 15 is 0 Å². The smallest absolute Gasteiger partial charge is 0.259 e. The lowest BCUT2D eigenvalue weighted by Crippen LogP contribution is -2.60. The van der Waals surface area contributed by atoms with E-state index in [1.165, 1.54) is 6.20 Å². The van der Waals surface area contributed by atoms with Gasteiger partial charge in [0.05, 0.1) is 17.0 Å². The van der Waals surface area contributed by atoms with Crippen LogP contribution in [0.4, 0.5) is 0 Å². The number of rotatable bonds is 3. The van der Waals surface area contributed by atoms with Gasteiger partial charge in [0.1, 0.15) is 11.3 Å². The van der Waals surface area contributed by atoms with E-state index in [2.05, 4.69) is 5.16 Å². The summed E-state index contributed by atoms with van der Waals surface area (Å²) in [4.78, 5) is 14.2. The summed E-state index contributed by atoms with van der Waals surface area (Å²) < 4.78 is 10.7. The van der Waals surface area contributed by atoms with Crippen LogP contribution < -0.4 is 0 Å². The van der Waals surface area contributed by atoms with Crippen molar-refractivity contribution < 1.29 is 14.1 Å². The maximum absolute atomic E-state index is 12.3. The maximum Gasteiger partial charge on any atom is 0.259 e. The molecule has 2 fully saturated rings. The maximum atomic E-state index is 12.3. The number of methoxy groups -OCH3 is 1. The number of hydrogen-bond donors (Lipinski definition) is 0. The highest BCUT2D eigenvalue weighted by Crippen LogP contribution is 2.46. The van der Waals surface area contributed by atoms with E-state index in [0.29, 0.717) is 23.8 Å². The van der Waals surface area contributed by atoms with Crippen molar-refractivity contribution in [2.75, 3.05) is 26.0 Å². The molecule has 1 aromatic heterocycles. The van der Waals surface area contributed by atoms with Crippen LogP contribution in [0.25, 0.3) is 0 Å². The summed E-state index contributed by atoms with van der Waals surface area (Å²) in [5, 5.41) is 3.72. The van der Waals surface area contributed by atoms with E-state index in [1.54, 1.807) is 7.11 Å². The lowest BCUT2D eigenvalue weighted by atomic mass is 9.92. The normalized spacial score (nSPS) is 24.7. The van der Waals surface area contributed by atoms with Crippen LogP contribution in [0.2, 0.25) is 0 Å². The second-order valence-corrected chi connectivity index (χ2v) is 6.72. The Hall–Kier alpha value is -1.01. The fraction of sp³-hybridized carbons (Fsp3) is 0.692. The van der Waals surface area contributed by atoms with Crippen LogP contribution in [-0.2, 0) is 11.2 Å². The molecule has 1 amide bonds. The average Bonchev–Trinajstić information content (AvgIpc) is 3.02. The van der Waals surface area contributed by atoms with Gasteiger partial charge in [-0.2, -0.15) is 0 Å². The van der Waals surface area contributed by atoms with Crippen LogP contribution in [0.3, 0.4) is 0 Å². The topological polar surface area (TPSA) is 55.6 Å². The first kappa shape index (κ1) is 13.0. The van der Waals surface area contributed by atoms with Crippen molar-refractivity contribution in [2.24, 2.45) is 0 Å². The van der Waals surface area contributed by atoms with E-state index in [1.807, 2.05) is 23.6 Å². The minimum Gasteiger partial charge on any atom is -0.381 e. The SMILES string of the molecule is CCc1oncc1C(=O)N1CC2(C[C@H](OC)CS2)C1. The standard InChI is InChI=1S/C13H18N2O3S/c1-3-11-10(5-14-18-11)12(16)15-7-13(8-15)4-9(17-2)6-19-13/h5,9H,3-4,6-8H2,1-2H3/t9-/m0/s1. The van der Waals surface area contributed by atoms with Crippen LogP contribution in [0.5, 0.6) is 0 Å². The molecule has 0 saturated carbocycles. The molecular weight excluding hydrogens is 264 g/mol. The number of thioether (sulfide) groups is 1. The Morgan fingerprint density at radius 3 is 3.11 bits per heavy atom. The zero-order chi connectivity index (χ0) is 13.5. The molecule has 2 saturated heterocycles. The molecule has 0 bridgehead atoms. The number of aryl methyl sites for hydroxylation is 1. The molecule has 1 atom stereocenters. The number of hydrogen-bond acceptors (Lipinski definition) is 5. The van der Waals surface area contributed by atoms with Crippen LogP contribution in [-0.4, -0.2) is 52.8 Å². The molecule has 2 aliphatic heterocycles. The molecule has 3 rings (SSSR count). The minimum atomic E-state index is 0.0465. The quantitative estimate of drug-likeness (QED) is 0.842. The Kier molecular flexibility index (Phi) is 3.30. The van der Waals surface area contributed by atoms with E-state index in [9.17, 15) is 4.79 Å². The molecule has 6 heteroatoms. The summed E-state index contributed by atoms with van der Waals surface area (Å²) in [6, 6.07) is 0. The van der Waals surface area contributed by atoms with E-state index in [0.717, 1.165) is 25.3 Å². The van der Waals surface area contributed by atoms with Crippen molar-refractivity contribution in [3.63, 3.8) is 0 Å². The number of nitrogens with zero attached hydrogens (tertiary/aromatic N) is 2. The van der Waals surface area contributed by atoms with E-state index < -0.39 is 0 Å². The molecule has 5 nitrogen and oxygen atoms in total. The largest absolute Gasteiger partial charge is 0.381 e. The van der Waals surface area contributed by atoms with Gasteiger partial charge in [-0.25, -0.2) is 0 Å². The third-order valence-corrected chi connectivity index (χ3v) is 5.53. The molecule has 0 aromatic carbocycles. The summed E-state index contributed by atoms with van der Waals surface area (Å²) in [7, 11) is 1.76. The monoisotopic (exact) mass is 282 g/mol. The van der Waals surface area contributed by atoms with Crippen molar-refractivity contribution in [2.45, 2.75) is 30.6 Å². The fourth-order valence-corrected chi connectivity index (χ4v) is 4.42. The number of ether oxygens (including phenoxy) is 1. The Bertz CT molecular complexity index is 482. The predicted molar refractivity (Wildman–Crippen MR) is 72.4 cm³/mol. The number of amides is 1. The second kappa shape index (κ2) is 4.83. The summed E-state index contributed by atoms with van der Waals surface area (Å²) >= 11 is 1.93. The number of carbonyl (C=O) groups is 1. The highest BCUT2D eigenvalue weighted by atomic mass is 32.2. The van der Waals surface area contributed by atoms with Crippen molar-refractivity contribution in [3.05, 3.63) is 17.5 Å². The predicted octanol–water partition coefficient (Wildman–Crippen LogP) is 1.58. The van der Waals surface area contributed by atoms with Gasteiger partial charge in [0.2, 0.25) is 0 Å². The zero-order valence-corrected chi connectivity index (χ0v) is 12.0. The average molecular weight is 282 g/mol. The molecule has 0 N–H and O–H groups in total. The van der Waals surface area contributed by atoms with Gasteiger partial charge in [-0.3, -0.25) is 4.79 Å². The Morgan fingerprint density at radius 2 is 2.47 bits per heavy atom. The van der Waals surface area contributed by atoms with Gasteiger partial charge in [-0.05, 0) is 6.42 Å². The molecular formula is C13H18N2O3S. The number of carbonyl (C=O) groups excluding carboxylic acids is 1. The lowest BCUT2D eigenvalue weighted by molar-refractivity contribution is 0.0450.